The van der Waals surface area contributed by atoms with Crippen molar-refractivity contribution in [2.45, 2.75) is 13.8 Å². The number of aryl methyl sites for hydroxylation is 1. The summed E-state index contributed by atoms with van der Waals surface area (Å²) < 4.78 is 0. The summed E-state index contributed by atoms with van der Waals surface area (Å²) in [5, 5.41) is 17.9. The van der Waals surface area contributed by atoms with Crippen LogP contribution in [-0.4, -0.2) is 5.11 Å². The highest BCUT2D eigenvalue weighted by Crippen LogP contribution is 2.21. The molecule has 0 aromatic heterocycles. The van der Waals surface area contributed by atoms with E-state index in [1.54, 1.807) is 19.1 Å². The molecule has 0 unspecified atom stereocenters. The molecule has 0 bridgehead atoms. The van der Waals surface area contributed by atoms with Crippen LogP contribution in [0.1, 0.15) is 16.7 Å². The average Bonchev–Trinajstić information content (AvgIpc) is 1.99. The molecule has 1 rings (SSSR count). The van der Waals surface area contributed by atoms with E-state index in [2.05, 4.69) is 0 Å². The van der Waals surface area contributed by atoms with Crippen molar-refractivity contribution in [2.75, 3.05) is 0 Å². The van der Waals surface area contributed by atoms with E-state index in [9.17, 15) is 5.11 Å². The standard InChI is InChI=1S/C9H9NO/c1-6-3-4-9(11)7(2)8(6)5-10/h3-4,11H,1-2H3. The minimum atomic E-state index is 0.187. The van der Waals surface area contributed by atoms with E-state index in [-0.39, 0.29) is 5.75 Å². The number of benzene rings is 1. The molecular weight excluding hydrogens is 138 g/mol. The lowest BCUT2D eigenvalue weighted by Gasteiger charge is -2.02. The van der Waals surface area contributed by atoms with Gasteiger partial charge in [-0.3, -0.25) is 0 Å². The fourth-order valence-electron chi connectivity index (χ4n) is 1.01. The van der Waals surface area contributed by atoms with Gasteiger partial charge >= 0.3 is 0 Å². The fourth-order valence-corrected chi connectivity index (χ4v) is 1.01. The lowest BCUT2D eigenvalue weighted by molar-refractivity contribution is 0.470. The highest BCUT2D eigenvalue weighted by molar-refractivity contribution is 5.49. The first-order valence-corrected chi connectivity index (χ1v) is 3.36. The van der Waals surface area contributed by atoms with E-state index in [4.69, 9.17) is 5.26 Å². The van der Waals surface area contributed by atoms with E-state index < -0.39 is 0 Å². The van der Waals surface area contributed by atoms with Crippen molar-refractivity contribution < 1.29 is 5.11 Å². The van der Waals surface area contributed by atoms with Crippen LogP contribution in [0, 0.1) is 25.2 Å². The van der Waals surface area contributed by atoms with Crippen LogP contribution >= 0.6 is 0 Å². The number of hydrogen-bond acceptors (Lipinski definition) is 2. The molecule has 0 aliphatic heterocycles. The summed E-state index contributed by atoms with van der Waals surface area (Å²) in [7, 11) is 0. The summed E-state index contributed by atoms with van der Waals surface area (Å²) >= 11 is 0. The molecule has 2 nitrogen and oxygen atoms in total. The Morgan fingerprint density at radius 3 is 2.45 bits per heavy atom. The van der Waals surface area contributed by atoms with Gasteiger partial charge in [0.25, 0.3) is 0 Å². The highest BCUT2D eigenvalue weighted by Gasteiger charge is 2.04. The van der Waals surface area contributed by atoms with E-state index in [0.717, 1.165) is 5.56 Å². The number of hydrogen-bond donors (Lipinski definition) is 1. The molecule has 0 aliphatic carbocycles. The minimum absolute atomic E-state index is 0.187. The summed E-state index contributed by atoms with van der Waals surface area (Å²) in [4.78, 5) is 0. The van der Waals surface area contributed by atoms with Crippen LogP contribution in [0.3, 0.4) is 0 Å². The third-order valence-electron chi connectivity index (χ3n) is 1.76. The number of nitriles is 1. The third kappa shape index (κ3) is 1.18. The van der Waals surface area contributed by atoms with Crippen LogP contribution in [0.4, 0.5) is 0 Å². The van der Waals surface area contributed by atoms with E-state index >= 15 is 0 Å². The Labute approximate surface area is 65.7 Å². The van der Waals surface area contributed by atoms with Gasteiger partial charge in [-0.1, -0.05) is 6.07 Å². The number of rotatable bonds is 0. The molecule has 1 N–H and O–H groups in total. The van der Waals surface area contributed by atoms with Gasteiger partial charge in [-0.25, -0.2) is 0 Å². The topological polar surface area (TPSA) is 44.0 Å². The van der Waals surface area contributed by atoms with Gasteiger partial charge in [0.1, 0.15) is 5.75 Å². The average molecular weight is 147 g/mol. The molecule has 56 valence electrons. The fraction of sp³-hybridized carbons (Fsp3) is 0.222. The zero-order chi connectivity index (χ0) is 8.43. The lowest BCUT2D eigenvalue weighted by Crippen LogP contribution is -1.86. The second-order valence-electron chi connectivity index (χ2n) is 2.51. The second-order valence-corrected chi connectivity index (χ2v) is 2.51. The first-order chi connectivity index (χ1) is 5.16. The number of phenolic OH excluding ortho intramolecular Hbond substituents is 1. The van der Waals surface area contributed by atoms with Crippen molar-refractivity contribution in [3.05, 3.63) is 28.8 Å². The molecule has 0 atom stereocenters. The summed E-state index contributed by atoms with van der Waals surface area (Å²) in [5.74, 6) is 0.187. The van der Waals surface area contributed by atoms with Crippen LogP contribution in [0.25, 0.3) is 0 Å². The van der Waals surface area contributed by atoms with Crippen molar-refractivity contribution in [1.82, 2.24) is 0 Å². The Morgan fingerprint density at radius 2 is 2.00 bits per heavy atom. The molecule has 0 saturated carbocycles. The van der Waals surface area contributed by atoms with Gasteiger partial charge in [0.15, 0.2) is 0 Å². The van der Waals surface area contributed by atoms with Crippen LogP contribution < -0.4 is 0 Å². The zero-order valence-electron chi connectivity index (χ0n) is 6.55. The molecule has 0 saturated heterocycles. The summed E-state index contributed by atoms with van der Waals surface area (Å²) in [6.45, 7) is 3.59. The van der Waals surface area contributed by atoms with Crippen molar-refractivity contribution in [1.29, 1.82) is 5.26 Å². The maximum Gasteiger partial charge on any atom is 0.119 e. The largest absolute Gasteiger partial charge is 0.508 e. The van der Waals surface area contributed by atoms with Gasteiger partial charge in [0, 0.05) is 5.56 Å². The summed E-state index contributed by atoms with van der Waals surface area (Å²) in [5.41, 5.74) is 2.14. The quantitative estimate of drug-likeness (QED) is 0.608. The summed E-state index contributed by atoms with van der Waals surface area (Å²) in [6, 6.07) is 5.38. The Bertz CT molecular complexity index is 323. The second kappa shape index (κ2) is 2.63. The molecule has 0 amide bonds. The smallest absolute Gasteiger partial charge is 0.119 e. The number of nitrogens with zero attached hydrogens (tertiary/aromatic N) is 1. The molecule has 1 aromatic rings. The highest BCUT2D eigenvalue weighted by atomic mass is 16.3. The first kappa shape index (κ1) is 7.62. The van der Waals surface area contributed by atoms with Crippen LogP contribution in [0.15, 0.2) is 12.1 Å². The predicted molar refractivity (Wildman–Crippen MR) is 42.3 cm³/mol. The Balaban J connectivity index is 3.44. The molecular formula is C9H9NO. The van der Waals surface area contributed by atoms with Gasteiger partial charge in [-0.05, 0) is 25.5 Å². The van der Waals surface area contributed by atoms with Crippen LogP contribution in [0.2, 0.25) is 0 Å². The third-order valence-corrected chi connectivity index (χ3v) is 1.76. The van der Waals surface area contributed by atoms with E-state index in [0.29, 0.717) is 11.1 Å². The maximum atomic E-state index is 9.20. The molecule has 0 aliphatic rings. The van der Waals surface area contributed by atoms with E-state index in [1.165, 1.54) is 0 Å². The van der Waals surface area contributed by atoms with Crippen molar-refractivity contribution >= 4 is 0 Å². The normalized spacial score (nSPS) is 9.18. The van der Waals surface area contributed by atoms with Gasteiger partial charge < -0.3 is 5.11 Å². The van der Waals surface area contributed by atoms with E-state index in [1.807, 2.05) is 13.0 Å². The molecule has 0 radical (unpaired) electrons. The monoisotopic (exact) mass is 147 g/mol. The van der Waals surface area contributed by atoms with Crippen molar-refractivity contribution in [3.8, 4) is 11.8 Å². The van der Waals surface area contributed by atoms with Crippen molar-refractivity contribution in [2.24, 2.45) is 0 Å². The predicted octanol–water partition coefficient (Wildman–Crippen LogP) is 1.88. The molecule has 0 spiro atoms. The molecule has 11 heavy (non-hydrogen) atoms. The Kier molecular flexibility index (Phi) is 1.82. The molecule has 0 heterocycles. The lowest BCUT2D eigenvalue weighted by atomic mass is 10.0. The van der Waals surface area contributed by atoms with Gasteiger partial charge in [0.2, 0.25) is 0 Å². The molecule has 2 heteroatoms. The first-order valence-electron chi connectivity index (χ1n) is 3.36. The van der Waals surface area contributed by atoms with Crippen LogP contribution in [-0.2, 0) is 0 Å². The maximum absolute atomic E-state index is 9.20. The molecule has 0 fully saturated rings. The zero-order valence-corrected chi connectivity index (χ0v) is 6.55. The Hall–Kier alpha value is -1.49. The molecule has 1 aromatic carbocycles. The minimum Gasteiger partial charge on any atom is -0.508 e. The Morgan fingerprint density at radius 1 is 1.36 bits per heavy atom. The number of aromatic hydroxyl groups is 1. The van der Waals surface area contributed by atoms with Gasteiger partial charge in [-0.15, -0.1) is 0 Å². The van der Waals surface area contributed by atoms with Crippen molar-refractivity contribution in [3.63, 3.8) is 0 Å². The van der Waals surface area contributed by atoms with Gasteiger partial charge in [-0.2, -0.15) is 5.26 Å². The summed E-state index contributed by atoms with van der Waals surface area (Å²) in [6.07, 6.45) is 0. The number of phenols is 1. The van der Waals surface area contributed by atoms with Gasteiger partial charge in [0.05, 0.1) is 11.6 Å². The SMILES string of the molecule is Cc1ccc(O)c(C)c1C#N. The van der Waals surface area contributed by atoms with Crippen LogP contribution in [0.5, 0.6) is 5.75 Å².